The SMILES string of the molecule is Nc1nncn1/N=N/n1cnnc1N. The van der Waals surface area contributed by atoms with Crippen LogP contribution in [0.3, 0.4) is 0 Å². The molecule has 0 bridgehead atoms. The zero-order valence-corrected chi connectivity index (χ0v) is 6.89. The molecule has 2 heterocycles. The largest absolute Gasteiger partial charge is 0.366 e. The molecule has 2 aromatic heterocycles. The van der Waals surface area contributed by atoms with Gasteiger partial charge in [0.1, 0.15) is 12.7 Å². The van der Waals surface area contributed by atoms with Crippen LogP contribution in [0.2, 0.25) is 0 Å². The van der Waals surface area contributed by atoms with Crippen LogP contribution in [0.5, 0.6) is 0 Å². The highest BCUT2D eigenvalue weighted by molar-refractivity contribution is 5.13. The lowest BCUT2D eigenvalue weighted by Crippen LogP contribution is -1.98. The van der Waals surface area contributed by atoms with Crippen LogP contribution in [0.4, 0.5) is 11.9 Å². The molecule has 0 atom stereocenters. The molecule has 0 fully saturated rings. The van der Waals surface area contributed by atoms with Crippen LogP contribution in [0.15, 0.2) is 23.1 Å². The minimum atomic E-state index is 0.125. The molecule has 14 heavy (non-hydrogen) atoms. The van der Waals surface area contributed by atoms with Crippen molar-refractivity contribution >= 4 is 11.9 Å². The van der Waals surface area contributed by atoms with Gasteiger partial charge in [-0.25, -0.2) is 0 Å². The van der Waals surface area contributed by atoms with Gasteiger partial charge in [0.2, 0.25) is 11.9 Å². The number of hydrogen-bond acceptors (Lipinski definition) is 8. The lowest BCUT2D eigenvalue weighted by atomic mass is 11.1. The topological polar surface area (TPSA) is 138 Å². The smallest absolute Gasteiger partial charge is 0.244 e. The average molecular weight is 194 g/mol. The molecule has 0 radical (unpaired) electrons. The Morgan fingerprint density at radius 3 is 1.64 bits per heavy atom. The summed E-state index contributed by atoms with van der Waals surface area (Å²) in [5.41, 5.74) is 10.8. The quantitative estimate of drug-likeness (QED) is 0.570. The van der Waals surface area contributed by atoms with E-state index in [1.165, 1.54) is 22.0 Å². The van der Waals surface area contributed by atoms with E-state index in [4.69, 9.17) is 11.5 Å². The summed E-state index contributed by atoms with van der Waals surface area (Å²) in [7, 11) is 0. The van der Waals surface area contributed by atoms with Gasteiger partial charge >= 0.3 is 0 Å². The number of nitrogen functional groups attached to an aromatic ring is 2. The van der Waals surface area contributed by atoms with Crippen molar-refractivity contribution in [1.29, 1.82) is 0 Å². The first-order chi connectivity index (χ1) is 6.77. The molecule has 0 aliphatic rings. The van der Waals surface area contributed by atoms with Gasteiger partial charge in [0.25, 0.3) is 0 Å². The lowest BCUT2D eigenvalue weighted by Gasteiger charge is -1.92. The third-order valence-electron chi connectivity index (χ3n) is 1.34. The molecule has 0 saturated carbocycles. The molecule has 0 spiro atoms. The number of nitrogens with zero attached hydrogens (tertiary/aromatic N) is 8. The van der Waals surface area contributed by atoms with E-state index in [2.05, 4.69) is 30.8 Å². The third-order valence-corrected chi connectivity index (χ3v) is 1.34. The summed E-state index contributed by atoms with van der Waals surface area (Å²) in [6.07, 6.45) is 2.61. The van der Waals surface area contributed by atoms with Gasteiger partial charge in [0.05, 0.1) is 0 Å². The number of hydrogen-bond donors (Lipinski definition) is 2. The van der Waals surface area contributed by atoms with Crippen LogP contribution < -0.4 is 11.5 Å². The molecular formula is C4H6N10. The Labute approximate surface area is 77.2 Å². The fourth-order valence-corrected chi connectivity index (χ4v) is 0.702. The van der Waals surface area contributed by atoms with E-state index in [-0.39, 0.29) is 11.9 Å². The second-order valence-corrected chi connectivity index (χ2v) is 2.25. The Morgan fingerprint density at radius 2 is 1.36 bits per heavy atom. The fourth-order valence-electron chi connectivity index (χ4n) is 0.702. The molecule has 10 heteroatoms. The first-order valence-corrected chi connectivity index (χ1v) is 3.50. The van der Waals surface area contributed by atoms with Crippen LogP contribution in [0.1, 0.15) is 0 Å². The maximum absolute atomic E-state index is 5.38. The lowest BCUT2D eigenvalue weighted by molar-refractivity contribution is 0.694. The molecule has 0 unspecified atom stereocenters. The van der Waals surface area contributed by atoms with E-state index >= 15 is 0 Å². The van der Waals surface area contributed by atoms with Gasteiger partial charge < -0.3 is 11.5 Å². The Bertz CT molecular complexity index is 408. The summed E-state index contributed by atoms with van der Waals surface area (Å²) in [6, 6.07) is 0. The number of anilines is 2. The highest BCUT2D eigenvalue weighted by atomic mass is 15.6. The molecular weight excluding hydrogens is 188 g/mol. The first-order valence-electron chi connectivity index (χ1n) is 3.50. The van der Waals surface area contributed by atoms with Crippen LogP contribution in [-0.2, 0) is 0 Å². The second-order valence-electron chi connectivity index (χ2n) is 2.25. The van der Waals surface area contributed by atoms with Gasteiger partial charge in [-0.1, -0.05) is 0 Å². The van der Waals surface area contributed by atoms with E-state index in [9.17, 15) is 0 Å². The molecule has 0 aliphatic carbocycles. The summed E-state index contributed by atoms with van der Waals surface area (Å²) in [5, 5.41) is 21.3. The van der Waals surface area contributed by atoms with E-state index in [0.717, 1.165) is 0 Å². The van der Waals surface area contributed by atoms with E-state index in [1.54, 1.807) is 0 Å². The highest BCUT2D eigenvalue weighted by Gasteiger charge is 1.98. The summed E-state index contributed by atoms with van der Waals surface area (Å²) >= 11 is 0. The monoisotopic (exact) mass is 194 g/mol. The van der Waals surface area contributed by atoms with Gasteiger partial charge in [0, 0.05) is 0 Å². The fraction of sp³-hybridized carbons (Fsp3) is 0. The summed E-state index contributed by atoms with van der Waals surface area (Å²) in [5.74, 6) is 0.251. The van der Waals surface area contributed by atoms with Gasteiger partial charge in [-0.2, -0.15) is 9.35 Å². The van der Waals surface area contributed by atoms with Crippen molar-refractivity contribution in [3.8, 4) is 0 Å². The maximum atomic E-state index is 5.38. The summed E-state index contributed by atoms with van der Waals surface area (Å²) in [6.45, 7) is 0. The minimum absolute atomic E-state index is 0.125. The van der Waals surface area contributed by atoms with Crippen LogP contribution in [0, 0.1) is 0 Å². The maximum Gasteiger partial charge on any atom is 0.244 e. The standard InChI is InChI=1S/C4H6N10/c5-3-9-7-1-13(3)11-12-14-2-8-10-4(14)6/h1-2H,(H2,5,9)(H2,6,10)/b12-11+. The second kappa shape index (κ2) is 3.08. The van der Waals surface area contributed by atoms with Crippen LogP contribution in [-0.4, -0.2) is 29.7 Å². The number of nitrogens with two attached hydrogens (primary N) is 2. The minimum Gasteiger partial charge on any atom is -0.366 e. The Hall–Kier alpha value is -2.52. The molecule has 0 aliphatic heterocycles. The predicted molar refractivity (Wildman–Crippen MR) is 44.5 cm³/mol. The summed E-state index contributed by atoms with van der Waals surface area (Å²) in [4.78, 5) is 0. The molecule has 72 valence electrons. The first kappa shape index (κ1) is 8.10. The van der Waals surface area contributed by atoms with Gasteiger partial charge in [-0.3, -0.25) is 0 Å². The number of aromatic nitrogens is 6. The Kier molecular flexibility index (Phi) is 1.78. The molecule has 2 rings (SSSR count). The Balaban J connectivity index is 2.23. The van der Waals surface area contributed by atoms with Gasteiger partial charge in [0.15, 0.2) is 0 Å². The van der Waals surface area contributed by atoms with Gasteiger partial charge in [-0.05, 0) is 10.4 Å². The molecule has 10 nitrogen and oxygen atoms in total. The van der Waals surface area contributed by atoms with Crippen LogP contribution in [0.25, 0.3) is 0 Å². The van der Waals surface area contributed by atoms with Crippen molar-refractivity contribution in [2.75, 3.05) is 11.5 Å². The van der Waals surface area contributed by atoms with Crippen molar-refractivity contribution in [2.24, 2.45) is 10.4 Å². The highest BCUT2D eigenvalue weighted by Crippen LogP contribution is 1.98. The molecule has 0 amide bonds. The van der Waals surface area contributed by atoms with Crippen molar-refractivity contribution < 1.29 is 0 Å². The molecule has 4 N–H and O–H groups in total. The van der Waals surface area contributed by atoms with E-state index in [1.807, 2.05) is 0 Å². The molecule has 0 saturated heterocycles. The van der Waals surface area contributed by atoms with E-state index in [0.29, 0.717) is 0 Å². The number of rotatable bonds is 2. The Morgan fingerprint density at radius 1 is 0.929 bits per heavy atom. The normalized spacial score (nSPS) is 11.1. The van der Waals surface area contributed by atoms with Crippen LogP contribution >= 0.6 is 0 Å². The van der Waals surface area contributed by atoms with Crippen molar-refractivity contribution in [3.05, 3.63) is 12.7 Å². The summed E-state index contributed by atoms with van der Waals surface area (Å²) < 4.78 is 2.36. The van der Waals surface area contributed by atoms with Crippen molar-refractivity contribution in [3.63, 3.8) is 0 Å². The predicted octanol–water partition coefficient (Wildman–Crippen LogP) is -1.29. The van der Waals surface area contributed by atoms with Crippen molar-refractivity contribution in [2.45, 2.75) is 0 Å². The van der Waals surface area contributed by atoms with E-state index < -0.39 is 0 Å². The zero-order valence-electron chi connectivity index (χ0n) is 6.89. The zero-order chi connectivity index (χ0) is 9.97. The molecule has 0 aromatic carbocycles. The average Bonchev–Trinajstić information content (AvgIpc) is 2.72. The third kappa shape index (κ3) is 1.35. The molecule has 2 aromatic rings. The van der Waals surface area contributed by atoms with Gasteiger partial charge in [-0.15, -0.1) is 20.4 Å². The van der Waals surface area contributed by atoms with Crippen molar-refractivity contribution in [1.82, 2.24) is 29.7 Å².